The van der Waals surface area contributed by atoms with Crippen molar-refractivity contribution in [1.29, 1.82) is 0 Å². The molecule has 1 atom stereocenters. The summed E-state index contributed by atoms with van der Waals surface area (Å²) in [6, 6.07) is 7.01. The van der Waals surface area contributed by atoms with Gasteiger partial charge in [-0.3, -0.25) is 0 Å². The van der Waals surface area contributed by atoms with E-state index in [0.29, 0.717) is 10.9 Å². The SMILES string of the molecule is CC(C)CC(C)N(C)S(=O)(=O)Cc1ccc(C(N)=S)cc1. The second-order valence-electron chi connectivity index (χ2n) is 5.81. The summed E-state index contributed by atoms with van der Waals surface area (Å²) in [7, 11) is -1.68. The summed E-state index contributed by atoms with van der Waals surface area (Å²) in [4.78, 5) is 0.312. The van der Waals surface area contributed by atoms with Crippen LogP contribution in [0.15, 0.2) is 24.3 Å². The molecular weight excluding hydrogens is 304 g/mol. The quantitative estimate of drug-likeness (QED) is 0.781. The molecule has 118 valence electrons. The lowest BCUT2D eigenvalue weighted by atomic mass is 10.1. The Kier molecular flexibility index (Phi) is 6.31. The molecule has 0 aliphatic rings. The fraction of sp³-hybridized carbons (Fsp3) is 0.533. The lowest BCUT2D eigenvalue weighted by molar-refractivity contribution is 0.337. The van der Waals surface area contributed by atoms with Gasteiger partial charge in [0.2, 0.25) is 10.0 Å². The van der Waals surface area contributed by atoms with Gasteiger partial charge in [-0.2, -0.15) is 0 Å². The van der Waals surface area contributed by atoms with Gasteiger partial charge in [0.05, 0.1) is 5.75 Å². The highest BCUT2D eigenvalue weighted by Gasteiger charge is 2.24. The van der Waals surface area contributed by atoms with Gasteiger partial charge >= 0.3 is 0 Å². The molecule has 0 bridgehead atoms. The van der Waals surface area contributed by atoms with Crippen LogP contribution >= 0.6 is 12.2 Å². The molecular formula is C15H24N2O2S2. The Morgan fingerprint density at radius 3 is 2.19 bits per heavy atom. The predicted octanol–water partition coefficient (Wildman–Crippen LogP) is 2.52. The minimum absolute atomic E-state index is 0.00843. The first-order valence-corrected chi connectivity index (χ1v) is 8.99. The average Bonchev–Trinajstić information content (AvgIpc) is 2.37. The van der Waals surface area contributed by atoms with Crippen LogP contribution in [0.3, 0.4) is 0 Å². The van der Waals surface area contributed by atoms with E-state index < -0.39 is 10.0 Å². The maximum Gasteiger partial charge on any atom is 0.218 e. The third kappa shape index (κ3) is 5.37. The molecule has 21 heavy (non-hydrogen) atoms. The van der Waals surface area contributed by atoms with Crippen LogP contribution in [-0.2, 0) is 15.8 Å². The monoisotopic (exact) mass is 328 g/mol. The van der Waals surface area contributed by atoms with E-state index >= 15 is 0 Å². The Morgan fingerprint density at radius 2 is 1.76 bits per heavy atom. The number of sulfonamides is 1. The molecule has 1 aromatic carbocycles. The highest BCUT2D eigenvalue weighted by Crippen LogP contribution is 2.17. The number of hydrogen-bond donors (Lipinski definition) is 1. The maximum absolute atomic E-state index is 12.4. The van der Waals surface area contributed by atoms with E-state index in [9.17, 15) is 8.42 Å². The first-order valence-electron chi connectivity index (χ1n) is 6.98. The molecule has 1 rings (SSSR count). The largest absolute Gasteiger partial charge is 0.389 e. The molecule has 2 N–H and O–H groups in total. The average molecular weight is 329 g/mol. The molecule has 0 aromatic heterocycles. The number of hydrogen-bond acceptors (Lipinski definition) is 3. The first kappa shape index (κ1) is 18.1. The normalized spacial score (nSPS) is 13.6. The topological polar surface area (TPSA) is 63.4 Å². The van der Waals surface area contributed by atoms with Crippen molar-refractivity contribution in [2.24, 2.45) is 11.7 Å². The molecule has 0 fully saturated rings. The van der Waals surface area contributed by atoms with Crippen LogP contribution < -0.4 is 5.73 Å². The molecule has 0 heterocycles. The third-order valence-electron chi connectivity index (χ3n) is 3.46. The summed E-state index contributed by atoms with van der Waals surface area (Å²) in [6.45, 7) is 6.12. The summed E-state index contributed by atoms with van der Waals surface area (Å²) in [6.07, 6.45) is 0.843. The Bertz CT molecular complexity index is 580. The molecule has 0 aliphatic carbocycles. The van der Waals surface area contributed by atoms with Crippen molar-refractivity contribution in [2.75, 3.05) is 7.05 Å². The van der Waals surface area contributed by atoms with Crippen molar-refractivity contribution < 1.29 is 8.42 Å². The van der Waals surface area contributed by atoms with Gasteiger partial charge in [-0.15, -0.1) is 0 Å². The predicted molar refractivity (Wildman–Crippen MR) is 91.6 cm³/mol. The first-order chi connectivity index (χ1) is 9.63. The Hall–Kier alpha value is -0.980. The van der Waals surface area contributed by atoms with Gasteiger partial charge < -0.3 is 5.73 Å². The summed E-state index contributed by atoms with van der Waals surface area (Å²) in [5.41, 5.74) is 7.01. The zero-order valence-corrected chi connectivity index (χ0v) is 14.7. The lowest BCUT2D eigenvalue weighted by Crippen LogP contribution is -2.36. The number of rotatable bonds is 7. The van der Waals surface area contributed by atoms with Crippen molar-refractivity contribution in [2.45, 2.75) is 39.0 Å². The van der Waals surface area contributed by atoms with E-state index in [4.69, 9.17) is 18.0 Å². The van der Waals surface area contributed by atoms with Crippen LogP contribution in [0.1, 0.15) is 38.3 Å². The smallest absolute Gasteiger partial charge is 0.218 e. The van der Waals surface area contributed by atoms with Gasteiger partial charge in [0, 0.05) is 18.7 Å². The van der Waals surface area contributed by atoms with Gasteiger partial charge in [0.1, 0.15) is 4.99 Å². The van der Waals surface area contributed by atoms with Gasteiger partial charge in [-0.25, -0.2) is 12.7 Å². The van der Waals surface area contributed by atoms with E-state index in [0.717, 1.165) is 17.5 Å². The van der Waals surface area contributed by atoms with Crippen molar-refractivity contribution in [3.05, 3.63) is 35.4 Å². The Labute approximate surface area is 133 Å². The maximum atomic E-state index is 12.4. The zero-order chi connectivity index (χ0) is 16.2. The fourth-order valence-electron chi connectivity index (χ4n) is 2.18. The van der Waals surface area contributed by atoms with E-state index in [2.05, 4.69) is 13.8 Å². The molecule has 0 saturated carbocycles. The molecule has 0 radical (unpaired) electrons. The minimum Gasteiger partial charge on any atom is -0.389 e. The van der Waals surface area contributed by atoms with E-state index in [-0.39, 0.29) is 11.8 Å². The minimum atomic E-state index is -3.32. The van der Waals surface area contributed by atoms with Gasteiger partial charge in [-0.1, -0.05) is 50.3 Å². The molecule has 1 unspecified atom stereocenters. The second-order valence-corrected chi connectivity index (χ2v) is 8.28. The second kappa shape index (κ2) is 7.33. The summed E-state index contributed by atoms with van der Waals surface area (Å²) < 4.78 is 26.3. The standard InChI is InChI=1S/C15H24N2O2S2/c1-11(2)9-12(3)17(4)21(18,19)10-13-5-7-14(8-6-13)15(16)20/h5-8,11-12H,9-10H2,1-4H3,(H2,16,20). The van der Waals surface area contributed by atoms with Crippen molar-refractivity contribution in [3.63, 3.8) is 0 Å². The van der Waals surface area contributed by atoms with Crippen molar-refractivity contribution in [3.8, 4) is 0 Å². The van der Waals surface area contributed by atoms with E-state index in [1.165, 1.54) is 4.31 Å². The number of nitrogens with zero attached hydrogens (tertiary/aromatic N) is 1. The van der Waals surface area contributed by atoms with Crippen LogP contribution in [-0.4, -0.2) is 30.8 Å². The van der Waals surface area contributed by atoms with E-state index in [1.54, 1.807) is 31.3 Å². The summed E-state index contributed by atoms with van der Waals surface area (Å²) in [5.74, 6) is 0.450. The molecule has 6 heteroatoms. The summed E-state index contributed by atoms with van der Waals surface area (Å²) in [5, 5.41) is 0. The van der Waals surface area contributed by atoms with E-state index in [1.807, 2.05) is 6.92 Å². The van der Waals surface area contributed by atoms with Crippen LogP contribution in [0.5, 0.6) is 0 Å². The van der Waals surface area contributed by atoms with Gasteiger partial charge in [0.15, 0.2) is 0 Å². The zero-order valence-electron chi connectivity index (χ0n) is 13.0. The van der Waals surface area contributed by atoms with Crippen LogP contribution in [0, 0.1) is 5.92 Å². The number of benzene rings is 1. The van der Waals surface area contributed by atoms with Crippen LogP contribution in [0.2, 0.25) is 0 Å². The lowest BCUT2D eigenvalue weighted by Gasteiger charge is -2.25. The van der Waals surface area contributed by atoms with Crippen molar-refractivity contribution >= 4 is 27.2 Å². The fourth-order valence-corrected chi connectivity index (χ4v) is 3.77. The molecule has 1 aromatic rings. The molecule has 0 spiro atoms. The van der Waals surface area contributed by atoms with Crippen molar-refractivity contribution in [1.82, 2.24) is 4.31 Å². The Morgan fingerprint density at radius 1 is 1.24 bits per heavy atom. The molecule has 0 amide bonds. The van der Waals surface area contributed by atoms with Gasteiger partial charge in [-0.05, 0) is 24.8 Å². The number of nitrogens with two attached hydrogens (primary N) is 1. The highest BCUT2D eigenvalue weighted by atomic mass is 32.2. The van der Waals surface area contributed by atoms with Crippen LogP contribution in [0.25, 0.3) is 0 Å². The Balaban J connectivity index is 2.82. The summed E-state index contributed by atoms with van der Waals surface area (Å²) >= 11 is 4.88. The van der Waals surface area contributed by atoms with Crippen LogP contribution in [0.4, 0.5) is 0 Å². The van der Waals surface area contributed by atoms with Gasteiger partial charge in [0.25, 0.3) is 0 Å². The number of thiocarbonyl (C=S) groups is 1. The third-order valence-corrected chi connectivity index (χ3v) is 5.63. The molecule has 0 saturated heterocycles. The highest BCUT2D eigenvalue weighted by molar-refractivity contribution is 7.88. The molecule has 4 nitrogen and oxygen atoms in total. The molecule has 0 aliphatic heterocycles.